The van der Waals surface area contributed by atoms with Gasteiger partial charge in [0.15, 0.2) is 0 Å². The molecule has 0 fully saturated rings. The second-order valence-electron chi connectivity index (χ2n) is 4.60. The Labute approximate surface area is 107 Å². The van der Waals surface area contributed by atoms with Gasteiger partial charge in [-0.25, -0.2) is 0 Å². The Morgan fingerprint density at radius 3 is 2.94 bits per heavy atom. The van der Waals surface area contributed by atoms with Crippen LogP contribution in [-0.4, -0.2) is 25.3 Å². The van der Waals surface area contributed by atoms with Crippen molar-refractivity contribution in [2.24, 2.45) is 0 Å². The van der Waals surface area contributed by atoms with E-state index in [0.717, 1.165) is 36.2 Å². The molecule has 0 aliphatic carbocycles. The van der Waals surface area contributed by atoms with Crippen molar-refractivity contribution in [2.75, 3.05) is 23.3 Å². The molecule has 1 N–H and O–H groups in total. The number of carbonyl (C=O) groups is 2. The van der Waals surface area contributed by atoms with E-state index in [1.165, 1.54) is 6.92 Å². The van der Waals surface area contributed by atoms with Crippen molar-refractivity contribution < 1.29 is 9.59 Å². The third kappa shape index (κ3) is 2.23. The number of fused-ring (bicyclic) bond motifs is 1. The minimum Gasteiger partial charge on any atom is -0.364 e. The first-order valence-electron chi connectivity index (χ1n) is 6.26. The molecule has 96 valence electrons. The minimum atomic E-state index is -0.0629. The molecule has 1 aromatic rings. The lowest BCUT2D eigenvalue weighted by molar-refractivity contribution is -0.114. The molecule has 1 aliphatic rings. The monoisotopic (exact) mass is 246 g/mol. The molecule has 0 spiro atoms. The molecule has 1 atom stereocenters. The molecular weight excluding hydrogens is 228 g/mol. The van der Waals surface area contributed by atoms with E-state index < -0.39 is 0 Å². The zero-order chi connectivity index (χ0) is 13.1. The third-order valence-corrected chi connectivity index (χ3v) is 3.37. The summed E-state index contributed by atoms with van der Waals surface area (Å²) in [5.41, 5.74) is 3.11. The molecule has 4 nitrogen and oxygen atoms in total. The van der Waals surface area contributed by atoms with Crippen molar-refractivity contribution in [3.8, 4) is 0 Å². The lowest BCUT2D eigenvalue weighted by Crippen LogP contribution is -2.23. The highest BCUT2D eigenvalue weighted by Crippen LogP contribution is 2.42. The molecule has 1 aromatic carbocycles. The van der Waals surface area contributed by atoms with Crippen molar-refractivity contribution in [1.29, 1.82) is 0 Å². The van der Waals surface area contributed by atoms with E-state index in [4.69, 9.17) is 0 Å². The molecule has 1 amide bonds. The third-order valence-electron chi connectivity index (χ3n) is 3.37. The fourth-order valence-electron chi connectivity index (χ4n) is 2.61. The number of hydrogen-bond acceptors (Lipinski definition) is 3. The van der Waals surface area contributed by atoms with Crippen LogP contribution in [0.5, 0.6) is 0 Å². The normalized spacial score (nSPS) is 17.4. The molecule has 0 aromatic heterocycles. The first-order valence-corrected chi connectivity index (χ1v) is 6.26. The zero-order valence-electron chi connectivity index (χ0n) is 10.8. The molecule has 2 rings (SSSR count). The molecule has 0 saturated heterocycles. The number of aldehydes is 1. The van der Waals surface area contributed by atoms with Crippen LogP contribution >= 0.6 is 0 Å². The number of nitrogens with zero attached hydrogens (tertiary/aromatic N) is 1. The Morgan fingerprint density at radius 2 is 2.33 bits per heavy atom. The summed E-state index contributed by atoms with van der Waals surface area (Å²) in [6.07, 6.45) is 1.92. The van der Waals surface area contributed by atoms with E-state index >= 15 is 0 Å². The number of benzene rings is 1. The van der Waals surface area contributed by atoms with Gasteiger partial charge in [-0.3, -0.25) is 4.79 Å². The first kappa shape index (κ1) is 12.6. The molecule has 18 heavy (non-hydrogen) atoms. The fourth-order valence-corrected chi connectivity index (χ4v) is 2.61. The molecule has 0 bridgehead atoms. The van der Waals surface area contributed by atoms with E-state index in [1.807, 2.05) is 18.2 Å². The molecule has 1 heterocycles. The lowest BCUT2D eigenvalue weighted by Gasteiger charge is -2.16. The summed E-state index contributed by atoms with van der Waals surface area (Å²) in [5, 5.41) is 2.88. The van der Waals surface area contributed by atoms with Crippen LogP contribution in [0.15, 0.2) is 18.2 Å². The topological polar surface area (TPSA) is 49.4 Å². The number of amides is 1. The van der Waals surface area contributed by atoms with Gasteiger partial charge in [0, 0.05) is 36.3 Å². The summed E-state index contributed by atoms with van der Waals surface area (Å²) in [4.78, 5) is 24.0. The standard InChI is InChI=1S/C14H18N2O2/c1-3-11-9-16(7-8-17)13-6-4-5-12(14(11)13)15-10(2)18/h4-6,8,11H,3,7,9H2,1-2H3,(H,15,18). The van der Waals surface area contributed by atoms with Gasteiger partial charge in [-0.1, -0.05) is 13.0 Å². The van der Waals surface area contributed by atoms with Gasteiger partial charge in [0.1, 0.15) is 6.29 Å². The van der Waals surface area contributed by atoms with Gasteiger partial charge in [0.05, 0.1) is 6.54 Å². The highest BCUT2D eigenvalue weighted by Gasteiger charge is 2.29. The number of nitrogens with one attached hydrogen (secondary N) is 1. The molecule has 1 aliphatic heterocycles. The Kier molecular flexibility index (Phi) is 3.65. The van der Waals surface area contributed by atoms with Crippen molar-refractivity contribution in [3.63, 3.8) is 0 Å². The van der Waals surface area contributed by atoms with E-state index in [9.17, 15) is 9.59 Å². The van der Waals surface area contributed by atoms with Crippen LogP contribution in [-0.2, 0) is 9.59 Å². The maximum absolute atomic E-state index is 11.2. The van der Waals surface area contributed by atoms with Crippen LogP contribution < -0.4 is 10.2 Å². The lowest BCUT2D eigenvalue weighted by atomic mass is 9.97. The average molecular weight is 246 g/mol. The summed E-state index contributed by atoms with van der Waals surface area (Å²) in [5.74, 6) is 0.315. The van der Waals surface area contributed by atoms with Crippen LogP contribution in [0.4, 0.5) is 11.4 Å². The Balaban J connectivity index is 2.42. The second-order valence-corrected chi connectivity index (χ2v) is 4.60. The summed E-state index contributed by atoms with van der Waals surface area (Å²) < 4.78 is 0. The summed E-state index contributed by atoms with van der Waals surface area (Å²) in [7, 11) is 0. The summed E-state index contributed by atoms with van der Waals surface area (Å²) >= 11 is 0. The average Bonchev–Trinajstić information content (AvgIpc) is 2.69. The van der Waals surface area contributed by atoms with Crippen molar-refractivity contribution >= 4 is 23.6 Å². The number of hydrogen-bond donors (Lipinski definition) is 1. The Hall–Kier alpha value is -1.84. The van der Waals surface area contributed by atoms with Crippen LogP contribution in [0.1, 0.15) is 31.7 Å². The van der Waals surface area contributed by atoms with E-state index in [2.05, 4.69) is 17.1 Å². The molecule has 0 radical (unpaired) electrons. The number of anilines is 2. The highest BCUT2D eigenvalue weighted by molar-refractivity contribution is 5.91. The molecule has 1 unspecified atom stereocenters. The summed E-state index contributed by atoms with van der Waals surface area (Å²) in [6, 6.07) is 5.85. The quantitative estimate of drug-likeness (QED) is 0.828. The van der Waals surface area contributed by atoms with Gasteiger partial charge in [0.2, 0.25) is 5.91 Å². The van der Waals surface area contributed by atoms with E-state index in [0.29, 0.717) is 12.5 Å². The highest BCUT2D eigenvalue weighted by atomic mass is 16.1. The van der Waals surface area contributed by atoms with E-state index in [-0.39, 0.29) is 5.91 Å². The fraction of sp³-hybridized carbons (Fsp3) is 0.429. The second kappa shape index (κ2) is 5.21. The van der Waals surface area contributed by atoms with Gasteiger partial charge >= 0.3 is 0 Å². The van der Waals surface area contributed by atoms with Crippen molar-refractivity contribution in [1.82, 2.24) is 0 Å². The first-order chi connectivity index (χ1) is 8.67. The van der Waals surface area contributed by atoms with Gasteiger partial charge in [-0.15, -0.1) is 0 Å². The minimum absolute atomic E-state index is 0.0629. The van der Waals surface area contributed by atoms with Gasteiger partial charge in [-0.2, -0.15) is 0 Å². The number of carbonyl (C=O) groups excluding carboxylic acids is 2. The summed E-state index contributed by atoms with van der Waals surface area (Å²) in [6.45, 7) is 4.90. The van der Waals surface area contributed by atoms with Crippen LogP contribution in [0.3, 0.4) is 0 Å². The van der Waals surface area contributed by atoms with Crippen molar-refractivity contribution in [3.05, 3.63) is 23.8 Å². The zero-order valence-corrected chi connectivity index (χ0v) is 10.8. The van der Waals surface area contributed by atoms with Gasteiger partial charge in [-0.05, 0) is 18.6 Å². The largest absolute Gasteiger partial charge is 0.364 e. The van der Waals surface area contributed by atoms with Gasteiger partial charge < -0.3 is 15.0 Å². The van der Waals surface area contributed by atoms with E-state index in [1.54, 1.807) is 0 Å². The number of rotatable bonds is 4. The Morgan fingerprint density at radius 1 is 1.56 bits per heavy atom. The van der Waals surface area contributed by atoms with Crippen molar-refractivity contribution in [2.45, 2.75) is 26.2 Å². The maximum Gasteiger partial charge on any atom is 0.221 e. The Bertz CT molecular complexity index is 471. The molecule has 0 saturated carbocycles. The maximum atomic E-state index is 11.2. The smallest absolute Gasteiger partial charge is 0.221 e. The SMILES string of the molecule is CCC1CN(CC=O)c2cccc(NC(C)=O)c21. The molecule has 4 heteroatoms. The van der Waals surface area contributed by atoms with Crippen LogP contribution in [0.2, 0.25) is 0 Å². The molecular formula is C14H18N2O2. The van der Waals surface area contributed by atoms with Crippen LogP contribution in [0, 0.1) is 0 Å². The van der Waals surface area contributed by atoms with Crippen LogP contribution in [0.25, 0.3) is 0 Å². The van der Waals surface area contributed by atoms with Gasteiger partial charge in [0.25, 0.3) is 0 Å². The predicted octanol–water partition coefficient (Wildman–Crippen LogP) is 2.16. The predicted molar refractivity (Wildman–Crippen MR) is 72.1 cm³/mol.